The largest absolute Gasteiger partial charge is 0.487 e. The van der Waals surface area contributed by atoms with Crippen molar-refractivity contribution in [3.05, 3.63) is 41.7 Å². The van der Waals surface area contributed by atoms with Gasteiger partial charge in [0.05, 0.1) is 6.10 Å². The van der Waals surface area contributed by atoms with Crippen LogP contribution in [0.15, 0.2) is 24.8 Å². The van der Waals surface area contributed by atoms with E-state index >= 15 is 0 Å². The quantitative estimate of drug-likeness (QED) is 0.783. The number of ether oxygens (including phenoxy) is 1. The number of carbonyl (C=O) groups excluding carboxylic acids is 1. The lowest BCUT2D eigenvalue weighted by molar-refractivity contribution is -0.126. The number of fused-ring (bicyclic) bond motifs is 1. The van der Waals surface area contributed by atoms with E-state index < -0.39 is 17.8 Å². The Morgan fingerprint density at radius 2 is 2.00 bits per heavy atom. The van der Waals surface area contributed by atoms with Crippen molar-refractivity contribution in [2.24, 2.45) is 0 Å². The number of carbonyl (C=O) groups is 1. The smallest absolute Gasteiger partial charge is 0.248 e. The molecule has 1 aliphatic carbocycles. The molecule has 1 amide bonds. The Morgan fingerprint density at radius 3 is 2.67 bits per heavy atom. The Labute approximate surface area is 139 Å². The zero-order valence-corrected chi connectivity index (χ0v) is 13.4. The van der Waals surface area contributed by atoms with Crippen LogP contribution in [0.4, 0.5) is 13.2 Å². The van der Waals surface area contributed by atoms with E-state index in [9.17, 15) is 18.0 Å². The second kappa shape index (κ2) is 6.49. The summed E-state index contributed by atoms with van der Waals surface area (Å²) in [4.78, 5) is 13.4. The molecule has 0 spiro atoms. The average molecular weight is 339 g/mol. The lowest BCUT2D eigenvalue weighted by Gasteiger charge is -2.31. The van der Waals surface area contributed by atoms with Gasteiger partial charge in [-0.05, 0) is 48.6 Å². The molecule has 0 aromatic heterocycles. The minimum atomic E-state index is -2.64. The van der Waals surface area contributed by atoms with Gasteiger partial charge in [-0.15, -0.1) is 0 Å². The first-order chi connectivity index (χ1) is 11.4. The predicted octanol–water partition coefficient (Wildman–Crippen LogP) is 3.85. The highest BCUT2D eigenvalue weighted by atomic mass is 19.3. The first kappa shape index (κ1) is 16.9. The standard InChI is InChI=1S/C18H20F3NO2/c1-2-17(23)22-8-5-12-9-15(19)16(10-13(12)11-22)24-14-3-6-18(20,21)7-4-14/h2,9-10,14H,1,3-8,11H2. The highest BCUT2D eigenvalue weighted by Gasteiger charge is 2.36. The monoisotopic (exact) mass is 339 g/mol. The molecule has 1 fully saturated rings. The maximum Gasteiger partial charge on any atom is 0.248 e. The van der Waals surface area contributed by atoms with Gasteiger partial charge in [-0.2, -0.15) is 0 Å². The molecule has 6 heteroatoms. The molecule has 1 aromatic rings. The molecule has 2 aliphatic rings. The summed E-state index contributed by atoms with van der Waals surface area (Å²) in [5.74, 6) is -3.20. The number of rotatable bonds is 3. The molecule has 0 unspecified atom stereocenters. The van der Waals surface area contributed by atoms with Crippen LogP contribution < -0.4 is 4.74 Å². The number of nitrogens with zero attached hydrogens (tertiary/aromatic N) is 1. The third kappa shape index (κ3) is 3.57. The normalized spacial score (nSPS) is 20.4. The number of hydrogen-bond acceptors (Lipinski definition) is 2. The van der Waals surface area contributed by atoms with Gasteiger partial charge in [-0.1, -0.05) is 6.58 Å². The molecule has 130 valence electrons. The predicted molar refractivity (Wildman–Crippen MR) is 83.5 cm³/mol. The van der Waals surface area contributed by atoms with Crippen LogP contribution in [-0.4, -0.2) is 29.4 Å². The van der Waals surface area contributed by atoms with Gasteiger partial charge in [0.25, 0.3) is 0 Å². The minimum Gasteiger partial charge on any atom is -0.487 e. The van der Waals surface area contributed by atoms with Gasteiger partial charge < -0.3 is 9.64 Å². The third-order valence-electron chi connectivity index (χ3n) is 4.71. The summed E-state index contributed by atoms with van der Waals surface area (Å²) in [6, 6.07) is 3.03. The average Bonchev–Trinajstić information content (AvgIpc) is 2.56. The molecule has 0 saturated heterocycles. The van der Waals surface area contributed by atoms with E-state index in [1.165, 1.54) is 12.1 Å². The fourth-order valence-electron chi connectivity index (χ4n) is 3.28. The van der Waals surface area contributed by atoms with Crippen molar-refractivity contribution in [1.29, 1.82) is 0 Å². The summed E-state index contributed by atoms with van der Waals surface area (Å²) >= 11 is 0. The number of amides is 1. The van der Waals surface area contributed by atoms with Gasteiger partial charge >= 0.3 is 0 Å². The number of alkyl halides is 2. The summed E-state index contributed by atoms with van der Waals surface area (Å²) in [6.07, 6.45) is 1.40. The van der Waals surface area contributed by atoms with Crippen molar-refractivity contribution in [2.45, 2.75) is 50.7 Å². The van der Waals surface area contributed by atoms with E-state index in [1.807, 2.05) is 0 Å². The Kier molecular flexibility index (Phi) is 4.56. The molecule has 0 N–H and O–H groups in total. The van der Waals surface area contributed by atoms with Crippen LogP contribution >= 0.6 is 0 Å². The van der Waals surface area contributed by atoms with Gasteiger partial charge in [0, 0.05) is 25.9 Å². The van der Waals surface area contributed by atoms with Crippen LogP contribution in [0.3, 0.4) is 0 Å². The highest BCUT2D eigenvalue weighted by molar-refractivity contribution is 5.87. The van der Waals surface area contributed by atoms with Gasteiger partial charge in [0.2, 0.25) is 11.8 Å². The van der Waals surface area contributed by atoms with Crippen molar-refractivity contribution >= 4 is 5.91 Å². The van der Waals surface area contributed by atoms with Crippen molar-refractivity contribution in [3.63, 3.8) is 0 Å². The molecule has 1 aromatic carbocycles. The van der Waals surface area contributed by atoms with Crippen molar-refractivity contribution < 1.29 is 22.7 Å². The van der Waals surface area contributed by atoms with Crippen LogP contribution in [0.2, 0.25) is 0 Å². The zero-order valence-electron chi connectivity index (χ0n) is 13.4. The van der Waals surface area contributed by atoms with Crippen LogP contribution in [0.1, 0.15) is 36.8 Å². The third-order valence-corrected chi connectivity index (χ3v) is 4.71. The molecule has 1 saturated carbocycles. The van der Waals surface area contributed by atoms with Gasteiger partial charge in [0.1, 0.15) is 0 Å². The molecular formula is C18H20F3NO2. The number of benzene rings is 1. The Balaban J connectivity index is 1.73. The molecule has 1 aliphatic heterocycles. The van der Waals surface area contributed by atoms with E-state index in [0.29, 0.717) is 19.5 Å². The first-order valence-corrected chi connectivity index (χ1v) is 8.15. The Hall–Kier alpha value is -1.98. The number of halogens is 3. The van der Waals surface area contributed by atoms with Crippen LogP contribution in [-0.2, 0) is 17.8 Å². The molecule has 3 rings (SSSR count). The second-order valence-corrected chi connectivity index (χ2v) is 6.44. The maximum absolute atomic E-state index is 14.2. The highest BCUT2D eigenvalue weighted by Crippen LogP contribution is 2.36. The first-order valence-electron chi connectivity index (χ1n) is 8.15. The topological polar surface area (TPSA) is 29.5 Å². The van der Waals surface area contributed by atoms with Crippen LogP contribution in [0.25, 0.3) is 0 Å². The van der Waals surface area contributed by atoms with Gasteiger partial charge in [0.15, 0.2) is 11.6 Å². The van der Waals surface area contributed by atoms with E-state index in [2.05, 4.69) is 6.58 Å². The fourth-order valence-corrected chi connectivity index (χ4v) is 3.28. The minimum absolute atomic E-state index is 0.0804. The SMILES string of the molecule is C=CC(=O)N1CCc2cc(F)c(OC3CCC(F)(F)CC3)cc2C1. The van der Waals surface area contributed by atoms with Gasteiger partial charge in [-0.25, -0.2) is 13.2 Å². The lowest BCUT2D eigenvalue weighted by Crippen LogP contribution is -2.35. The summed E-state index contributed by atoms with van der Waals surface area (Å²) < 4.78 is 46.3. The number of hydrogen-bond donors (Lipinski definition) is 0. The molecule has 0 radical (unpaired) electrons. The fraction of sp³-hybridized carbons (Fsp3) is 0.500. The van der Waals surface area contributed by atoms with Crippen molar-refractivity contribution in [3.8, 4) is 5.75 Å². The van der Waals surface area contributed by atoms with Crippen molar-refractivity contribution in [2.75, 3.05) is 6.54 Å². The molecule has 3 nitrogen and oxygen atoms in total. The van der Waals surface area contributed by atoms with E-state index in [-0.39, 0.29) is 37.3 Å². The van der Waals surface area contributed by atoms with E-state index in [1.54, 1.807) is 11.0 Å². The van der Waals surface area contributed by atoms with E-state index in [0.717, 1.165) is 11.1 Å². The second-order valence-electron chi connectivity index (χ2n) is 6.44. The van der Waals surface area contributed by atoms with Crippen molar-refractivity contribution in [1.82, 2.24) is 4.90 Å². The summed E-state index contributed by atoms with van der Waals surface area (Å²) in [5.41, 5.74) is 1.68. The molecule has 24 heavy (non-hydrogen) atoms. The molecule has 0 bridgehead atoms. The lowest BCUT2D eigenvalue weighted by atomic mass is 9.94. The summed E-state index contributed by atoms with van der Waals surface area (Å²) in [6.45, 7) is 4.37. The molecular weight excluding hydrogens is 319 g/mol. The summed E-state index contributed by atoms with van der Waals surface area (Å²) in [7, 11) is 0. The van der Waals surface area contributed by atoms with Gasteiger partial charge in [-0.3, -0.25) is 4.79 Å². The molecule has 0 atom stereocenters. The Bertz CT molecular complexity index is 650. The van der Waals surface area contributed by atoms with E-state index in [4.69, 9.17) is 4.74 Å². The Morgan fingerprint density at radius 1 is 1.29 bits per heavy atom. The van der Waals surface area contributed by atoms with Crippen LogP contribution in [0, 0.1) is 5.82 Å². The summed E-state index contributed by atoms with van der Waals surface area (Å²) in [5, 5.41) is 0. The molecule has 1 heterocycles. The zero-order chi connectivity index (χ0) is 17.3. The maximum atomic E-state index is 14.2. The van der Waals surface area contributed by atoms with Crippen LogP contribution in [0.5, 0.6) is 5.75 Å².